The summed E-state index contributed by atoms with van der Waals surface area (Å²) in [7, 11) is -1.73. The molecule has 10 heteroatoms. The van der Waals surface area contributed by atoms with E-state index in [1.54, 1.807) is 6.92 Å². The number of rotatable bonds is 10. The zero-order chi connectivity index (χ0) is 23.5. The van der Waals surface area contributed by atoms with Crippen molar-refractivity contribution in [3.63, 3.8) is 0 Å². The van der Waals surface area contributed by atoms with E-state index in [1.807, 2.05) is 14.7 Å². The minimum absolute atomic E-state index is 0.00546. The van der Waals surface area contributed by atoms with Crippen LogP contribution in [0.4, 0.5) is 0 Å². The van der Waals surface area contributed by atoms with Crippen molar-refractivity contribution >= 4 is 35.6 Å². The number of hydrogen-bond acceptors (Lipinski definition) is 8. The highest BCUT2D eigenvalue weighted by molar-refractivity contribution is 6.73. The molecule has 1 aliphatic carbocycles. The second-order valence-electron chi connectivity index (χ2n) is 9.47. The second kappa shape index (κ2) is 10.2. The first-order valence-corrected chi connectivity index (χ1v) is 16.3. The number of nitrogens with zero attached hydrogens (tertiary/aromatic N) is 3. The zero-order valence-corrected chi connectivity index (χ0v) is 22.2. The van der Waals surface area contributed by atoms with E-state index in [0.29, 0.717) is 29.3 Å². The lowest BCUT2D eigenvalue weighted by atomic mass is 10.0. The van der Waals surface area contributed by atoms with Crippen molar-refractivity contribution < 1.29 is 23.2 Å². The van der Waals surface area contributed by atoms with E-state index in [9.17, 15) is 14.4 Å². The molecule has 3 fully saturated rings. The van der Waals surface area contributed by atoms with Crippen molar-refractivity contribution in [1.29, 1.82) is 0 Å². The summed E-state index contributed by atoms with van der Waals surface area (Å²) in [6.07, 6.45) is 2.44. The fourth-order valence-electron chi connectivity index (χ4n) is 3.15. The van der Waals surface area contributed by atoms with E-state index >= 15 is 0 Å². The highest BCUT2D eigenvalue weighted by atomic mass is 28.4. The van der Waals surface area contributed by atoms with Gasteiger partial charge in [0.2, 0.25) is 11.6 Å². The number of esters is 1. The fraction of sp³-hybridized carbons (Fsp3) is 0.591. The Morgan fingerprint density at radius 3 is 2.09 bits per heavy atom. The average molecular weight is 478 g/mol. The quantitative estimate of drug-likeness (QED) is 0.115. The Hall–Kier alpha value is -2.18. The Morgan fingerprint density at radius 2 is 1.59 bits per heavy atom. The zero-order valence-electron chi connectivity index (χ0n) is 19.7. The van der Waals surface area contributed by atoms with Crippen LogP contribution in [-0.4, -0.2) is 96.2 Å². The van der Waals surface area contributed by atoms with E-state index < -0.39 is 18.1 Å². The molecule has 0 aromatic carbocycles. The topological polar surface area (TPSA) is 78.7 Å². The molecule has 8 nitrogen and oxygen atoms in total. The average Bonchev–Trinajstić information content (AvgIpc) is 3.55. The lowest BCUT2D eigenvalue weighted by molar-refractivity contribution is -0.138. The Morgan fingerprint density at radius 1 is 1.03 bits per heavy atom. The van der Waals surface area contributed by atoms with Gasteiger partial charge in [-0.25, -0.2) is 4.79 Å². The van der Waals surface area contributed by atoms with Crippen molar-refractivity contribution in [2.24, 2.45) is 0 Å². The molecule has 4 aliphatic rings. The Kier molecular flexibility index (Phi) is 7.78. The molecule has 3 aliphatic heterocycles. The van der Waals surface area contributed by atoms with Gasteiger partial charge in [0, 0.05) is 50.9 Å². The third-order valence-corrected chi connectivity index (χ3v) is 10.2. The monoisotopic (exact) mass is 477 g/mol. The first kappa shape index (κ1) is 24.5. The van der Waals surface area contributed by atoms with Gasteiger partial charge in [-0.3, -0.25) is 9.59 Å². The van der Waals surface area contributed by atoms with E-state index in [1.165, 1.54) is 6.08 Å². The maximum atomic E-state index is 12.4. The van der Waals surface area contributed by atoms with Crippen molar-refractivity contribution in [2.75, 3.05) is 45.9 Å². The summed E-state index contributed by atoms with van der Waals surface area (Å²) in [6.45, 7) is 17.7. The van der Waals surface area contributed by atoms with Gasteiger partial charge in [0.1, 0.15) is 21.2 Å². The molecule has 0 N–H and O–H groups in total. The number of allylic oxidation sites excluding steroid dienone is 1. The number of ether oxygens (including phenoxy) is 1. The van der Waals surface area contributed by atoms with Crippen LogP contribution >= 0.6 is 0 Å². The van der Waals surface area contributed by atoms with Crippen LogP contribution in [0.1, 0.15) is 13.3 Å². The first-order valence-electron chi connectivity index (χ1n) is 11.3. The molecule has 3 saturated heterocycles. The fourth-order valence-corrected chi connectivity index (χ4v) is 6.58. The van der Waals surface area contributed by atoms with Gasteiger partial charge < -0.3 is 23.6 Å². The predicted octanol–water partition coefficient (Wildman–Crippen LogP) is 1.03. The minimum atomic E-state index is -1.32. The summed E-state index contributed by atoms with van der Waals surface area (Å²) in [5.74, 6) is -0.241. The second-order valence-corrected chi connectivity index (χ2v) is 16.0. The maximum absolute atomic E-state index is 12.4. The van der Waals surface area contributed by atoms with E-state index in [4.69, 9.17) is 8.85 Å². The molecule has 0 atom stereocenters. The van der Waals surface area contributed by atoms with Crippen LogP contribution in [0.5, 0.6) is 0 Å². The molecule has 176 valence electrons. The Labute approximate surface area is 194 Å². The normalized spacial score (nSPS) is 19.8. The van der Waals surface area contributed by atoms with Crippen LogP contribution in [-0.2, 0) is 23.2 Å². The minimum Gasteiger partial charge on any atom is -0.462 e. The van der Waals surface area contributed by atoms with E-state index in [-0.39, 0.29) is 17.5 Å². The van der Waals surface area contributed by atoms with Crippen molar-refractivity contribution in [2.45, 2.75) is 39.0 Å². The lowest BCUT2D eigenvalue weighted by Gasteiger charge is -2.21. The van der Waals surface area contributed by atoms with Gasteiger partial charge in [-0.05, 0) is 39.0 Å². The highest BCUT2D eigenvalue weighted by Crippen LogP contribution is 2.33. The molecule has 0 unspecified atom stereocenters. The standard InChI is InChI=1S/C12H13N3O2.C10H22O3Si2/c16-9-7-8(13-1-2-13)12(17)11(15-5-6-15)10(9)14-3-4-14;1-9(2)10(11)12-7-6-8-14-13-15(3,4)5/h7H,1-6H2;1,6-8,14H2,2-5H3. The van der Waals surface area contributed by atoms with E-state index in [0.717, 1.165) is 51.7 Å². The molecule has 0 bridgehead atoms. The van der Waals surface area contributed by atoms with Crippen LogP contribution in [0.2, 0.25) is 25.7 Å². The molecule has 0 saturated carbocycles. The van der Waals surface area contributed by atoms with Gasteiger partial charge in [-0.1, -0.05) is 6.58 Å². The smallest absolute Gasteiger partial charge is 0.333 e. The number of Topliss-reactive ketones (excluding diaryl/α,β-unsaturated/α-hetero) is 1. The number of carbonyl (C=O) groups is 3. The van der Waals surface area contributed by atoms with Crippen LogP contribution in [0, 0.1) is 0 Å². The van der Waals surface area contributed by atoms with Gasteiger partial charge >= 0.3 is 5.97 Å². The third kappa shape index (κ3) is 7.17. The van der Waals surface area contributed by atoms with Crippen LogP contribution in [0.3, 0.4) is 0 Å². The summed E-state index contributed by atoms with van der Waals surface area (Å²) in [6, 6.07) is 1.08. The number of carbonyl (C=O) groups excluding carboxylic acids is 3. The summed E-state index contributed by atoms with van der Waals surface area (Å²) >= 11 is 0. The molecule has 3 heterocycles. The molecule has 32 heavy (non-hydrogen) atoms. The number of hydrogen-bond donors (Lipinski definition) is 0. The molecule has 0 radical (unpaired) electrons. The van der Waals surface area contributed by atoms with Crippen LogP contribution in [0.15, 0.2) is 35.3 Å². The highest BCUT2D eigenvalue weighted by Gasteiger charge is 2.43. The van der Waals surface area contributed by atoms with Crippen molar-refractivity contribution in [3.8, 4) is 0 Å². The van der Waals surface area contributed by atoms with Gasteiger partial charge in [0.05, 0.1) is 12.3 Å². The van der Waals surface area contributed by atoms with Gasteiger partial charge in [0.15, 0.2) is 8.32 Å². The summed E-state index contributed by atoms with van der Waals surface area (Å²) < 4.78 is 10.8. The Balaban J connectivity index is 0.000000183. The van der Waals surface area contributed by atoms with Crippen LogP contribution in [0.25, 0.3) is 0 Å². The van der Waals surface area contributed by atoms with Crippen LogP contribution < -0.4 is 0 Å². The molecular weight excluding hydrogens is 442 g/mol. The van der Waals surface area contributed by atoms with Gasteiger partial charge in [-0.2, -0.15) is 0 Å². The van der Waals surface area contributed by atoms with Gasteiger partial charge in [0.25, 0.3) is 0 Å². The maximum Gasteiger partial charge on any atom is 0.333 e. The molecule has 0 amide bonds. The summed E-state index contributed by atoms with van der Waals surface area (Å²) in [4.78, 5) is 41.5. The summed E-state index contributed by atoms with van der Waals surface area (Å²) in [5, 5.41) is 0. The first-order chi connectivity index (χ1) is 15.1. The summed E-state index contributed by atoms with van der Waals surface area (Å²) in [5.41, 5.74) is 2.35. The van der Waals surface area contributed by atoms with Crippen molar-refractivity contribution in [3.05, 3.63) is 35.3 Å². The van der Waals surface area contributed by atoms with Gasteiger partial charge in [-0.15, -0.1) is 0 Å². The SMILES string of the molecule is C=C(C)C(=O)OCCC[SiH2]O[Si](C)(C)C.O=C1C=C(N2CC2)C(=O)C(N2CC2)=C1N1CC1. The lowest BCUT2D eigenvalue weighted by Crippen LogP contribution is -2.29. The third-order valence-electron chi connectivity index (χ3n) is 5.14. The molecule has 0 spiro atoms. The van der Waals surface area contributed by atoms with Crippen molar-refractivity contribution in [1.82, 2.24) is 14.7 Å². The number of ketones is 2. The van der Waals surface area contributed by atoms with E-state index in [2.05, 4.69) is 26.2 Å². The molecule has 4 rings (SSSR count). The Bertz CT molecular complexity index is 850. The molecule has 0 aromatic rings. The molecular formula is C22H35N3O5Si2. The largest absolute Gasteiger partial charge is 0.462 e. The molecule has 0 aromatic heterocycles. The predicted molar refractivity (Wildman–Crippen MR) is 128 cm³/mol.